The lowest BCUT2D eigenvalue weighted by atomic mass is 9.98. The van der Waals surface area contributed by atoms with Crippen LogP contribution in [0.25, 0.3) is 0 Å². The van der Waals surface area contributed by atoms with Gasteiger partial charge in [0.2, 0.25) is 0 Å². The molecule has 0 aromatic heterocycles. The number of ether oxygens (including phenoxy) is 1. The van der Waals surface area contributed by atoms with Crippen LogP contribution in [0, 0.1) is 0 Å². The van der Waals surface area contributed by atoms with Crippen LogP contribution < -0.4 is 0 Å². The van der Waals surface area contributed by atoms with Crippen molar-refractivity contribution >= 4 is 0 Å². The predicted octanol–water partition coefficient (Wildman–Crippen LogP) is 1.51. The zero-order chi connectivity index (χ0) is 8.27. The fourth-order valence-corrected chi connectivity index (χ4v) is 1.82. The van der Waals surface area contributed by atoms with E-state index in [2.05, 4.69) is 18.9 Å². The summed E-state index contributed by atoms with van der Waals surface area (Å²) >= 11 is 0. The van der Waals surface area contributed by atoms with Crippen LogP contribution in [-0.2, 0) is 4.74 Å². The monoisotopic (exact) mass is 157 g/mol. The minimum atomic E-state index is 0.510. The Hall–Kier alpha value is -0.0800. The van der Waals surface area contributed by atoms with Gasteiger partial charge in [-0.25, -0.2) is 0 Å². The third-order valence-corrected chi connectivity index (χ3v) is 2.77. The zero-order valence-electron chi connectivity index (χ0n) is 7.84. The maximum atomic E-state index is 5.34. The van der Waals surface area contributed by atoms with Crippen LogP contribution in [0.2, 0.25) is 0 Å². The van der Waals surface area contributed by atoms with Crippen molar-refractivity contribution < 1.29 is 4.74 Å². The Morgan fingerprint density at radius 2 is 2.27 bits per heavy atom. The van der Waals surface area contributed by atoms with Crippen LogP contribution >= 0.6 is 0 Å². The van der Waals surface area contributed by atoms with Crippen molar-refractivity contribution in [3.8, 4) is 0 Å². The number of nitrogens with zero attached hydrogens (tertiary/aromatic N) is 1. The van der Waals surface area contributed by atoms with Crippen LogP contribution in [0.4, 0.5) is 0 Å². The number of rotatable bonds is 2. The van der Waals surface area contributed by atoms with Gasteiger partial charge in [0, 0.05) is 19.7 Å². The van der Waals surface area contributed by atoms with Gasteiger partial charge in [-0.1, -0.05) is 6.92 Å². The highest BCUT2D eigenvalue weighted by Gasteiger charge is 2.23. The Morgan fingerprint density at radius 1 is 1.55 bits per heavy atom. The number of hydrogen-bond donors (Lipinski definition) is 0. The van der Waals surface area contributed by atoms with E-state index in [1.807, 2.05) is 7.11 Å². The van der Waals surface area contributed by atoms with E-state index in [9.17, 15) is 0 Å². The number of hydrogen-bond acceptors (Lipinski definition) is 2. The number of piperidine rings is 1. The summed E-state index contributed by atoms with van der Waals surface area (Å²) in [5, 5.41) is 0. The van der Waals surface area contributed by atoms with Gasteiger partial charge in [-0.15, -0.1) is 0 Å². The first-order valence-corrected chi connectivity index (χ1v) is 4.51. The van der Waals surface area contributed by atoms with Crippen LogP contribution in [0.1, 0.15) is 26.2 Å². The average molecular weight is 157 g/mol. The molecule has 0 N–H and O–H groups in total. The fourth-order valence-electron chi connectivity index (χ4n) is 1.82. The molecule has 1 rings (SSSR count). The Bertz CT molecular complexity index is 116. The standard InChI is InChI=1S/C9H19NO/c1-4-8-7-9(11-3)5-6-10(8)2/h8-9H,4-7H2,1-3H3/t8-,9+/m1/s1. The number of methoxy groups -OCH3 is 1. The van der Waals surface area contributed by atoms with Gasteiger partial charge >= 0.3 is 0 Å². The molecule has 0 unspecified atom stereocenters. The van der Waals surface area contributed by atoms with Crippen molar-refractivity contribution in [3.05, 3.63) is 0 Å². The minimum absolute atomic E-state index is 0.510. The molecular formula is C9H19NO. The second kappa shape index (κ2) is 4.07. The lowest BCUT2D eigenvalue weighted by Gasteiger charge is -2.35. The molecule has 2 heteroatoms. The highest BCUT2D eigenvalue weighted by atomic mass is 16.5. The molecule has 0 spiro atoms. The molecule has 0 amide bonds. The van der Waals surface area contributed by atoms with E-state index in [0.717, 1.165) is 6.04 Å². The topological polar surface area (TPSA) is 12.5 Å². The maximum Gasteiger partial charge on any atom is 0.0598 e. The quantitative estimate of drug-likeness (QED) is 0.602. The Kier molecular flexibility index (Phi) is 3.34. The normalized spacial score (nSPS) is 34.1. The highest BCUT2D eigenvalue weighted by Crippen LogP contribution is 2.19. The van der Waals surface area contributed by atoms with Gasteiger partial charge in [0.1, 0.15) is 0 Å². The fraction of sp³-hybridized carbons (Fsp3) is 1.00. The van der Waals surface area contributed by atoms with Crippen LogP contribution in [0.5, 0.6) is 0 Å². The van der Waals surface area contributed by atoms with Crippen LogP contribution in [0.15, 0.2) is 0 Å². The van der Waals surface area contributed by atoms with Crippen molar-refractivity contribution in [3.63, 3.8) is 0 Å². The molecule has 1 aliphatic heterocycles. The first-order valence-electron chi connectivity index (χ1n) is 4.51. The van der Waals surface area contributed by atoms with Gasteiger partial charge < -0.3 is 9.64 Å². The Labute approximate surface area is 69.5 Å². The molecule has 0 aromatic carbocycles. The molecule has 2 nitrogen and oxygen atoms in total. The van der Waals surface area contributed by atoms with E-state index >= 15 is 0 Å². The van der Waals surface area contributed by atoms with E-state index in [1.54, 1.807) is 0 Å². The second-order valence-electron chi connectivity index (χ2n) is 3.42. The SMILES string of the molecule is CC[C@@H]1C[C@@H](OC)CCN1C. The molecule has 0 aromatic rings. The number of likely N-dealkylation sites (tertiary alicyclic amines) is 1. The first kappa shape index (κ1) is 9.01. The molecular weight excluding hydrogens is 138 g/mol. The summed E-state index contributed by atoms with van der Waals surface area (Å²) in [6.07, 6.45) is 4.17. The van der Waals surface area contributed by atoms with E-state index < -0.39 is 0 Å². The van der Waals surface area contributed by atoms with Crippen molar-refractivity contribution in [2.75, 3.05) is 20.7 Å². The Balaban J connectivity index is 2.37. The first-order chi connectivity index (χ1) is 5.27. The smallest absolute Gasteiger partial charge is 0.0598 e. The molecule has 0 bridgehead atoms. The third kappa shape index (κ3) is 2.17. The summed E-state index contributed by atoms with van der Waals surface area (Å²) in [6.45, 7) is 3.44. The third-order valence-electron chi connectivity index (χ3n) is 2.77. The van der Waals surface area contributed by atoms with Gasteiger partial charge in [-0.05, 0) is 26.3 Å². The molecule has 2 atom stereocenters. The van der Waals surface area contributed by atoms with Gasteiger partial charge in [0.25, 0.3) is 0 Å². The summed E-state index contributed by atoms with van der Waals surface area (Å²) in [5.41, 5.74) is 0. The van der Waals surface area contributed by atoms with Gasteiger partial charge in [0.05, 0.1) is 6.10 Å². The molecule has 11 heavy (non-hydrogen) atoms. The van der Waals surface area contributed by atoms with Gasteiger partial charge in [0.15, 0.2) is 0 Å². The molecule has 1 saturated heterocycles. The van der Waals surface area contributed by atoms with Crippen molar-refractivity contribution in [2.24, 2.45) is 0 Å². The Morgan fingerprint density at radius 3 is 2.82 bits per heavy atom. The molecule has 0 saturated carbocycles. The van der Waals surface area contributed by atoms with Crippen molar-refractivity contribution in [2.45, 2.75) is 38.3 Å². The van der Waals surface area contributed by atoms with Crippen molar-refractivity contribution in [1.29, 1.82) is 0 Å². The predicted molar refractivity (Wildman–Crippen MR) is 46.7 cm³/mol. The molecule has 1 heterocycles. The maximum absolute atomic E-state index is 5.34. The second-order valence-corrected chi connectivity index (χ2v) is 3.42. The largest absolute Gasteiger partial charge is 0.381 e. The van der Waals surface area contributed by atoms with E-state index in [0.29, 0.717) is 6.10 Å². The molecule has 0 aliphatic carbocycles. The zero-order valence-corrected chi connectivity index (χ0v) is 7.84. The van der Waals surface area contributed by atoms with Gasteiger partial charge in [-0.3, -0.25) is 0 Å². The highest BCUT2D eigenvalue weighted by molar-refractivity contribution is 4.78. The van der Waals surface area contributed by atoms with Gasteiger partial charge in [-0.2, -0.15) is 0 Å². The average Bonchev–Trinajstić information content (AvgIpc) is 2.05. The summed E-state index contributed by atoms with van der Waals surface area (Å²) in [4.78, 5) is 2.44. The van der Waals surface area contributed by atoms with Crippen LogP contribution in [-0.4, -0.2) is 37.7 Å². The molecule has 0 radical (unpaired) electrons. The summed E-state index contributed by atoms with van der Waals surface area (Å²) in [7, 11) is 4.03. The van der Waals surface area contributed by atoms with E-state index in [-0.39, 0.29) is 0 Å². The lowest BCUT2D eigenvalue weighted by Crippen LogP contribution is -2.41. The molecule has 1 fully saturated rings. The van der Waals surface area contributed by atoms with E-state index in [1.165, 1.54) is 25.8 Å². The summed E-state index contributed by atoms with van der Waals surface area (Å²) < 4.78 is 5.34. The van der Waals surface area contributed by atoms with E-state index in [4.69, 9.17) is 4.74 Å². The molecule has 1 aliphatic rings. The minimum Gasteiger partial charge on any atom is -0.381 e. The van der Waals surface area contributed by atoms with Crippen molar-refractivity contribution in [1.82, 2.24) is 4.90 Å². The lowest BCUT2D eigenvalue weighted by molar-refractivity contribution is 0.0198. The van der Waals surface area contributed by atoms with Crippen LogP contribution in [0.3, 0.4) is 0 Å². The summed E-state index contributed by atoms with van der Waals surface area (Å²) in [6, 6.07) is 0.744. The molecule has 66 valence electrons. The summed E-state index contributed by atoms with van der Waals surface area (Å²) in [5.74, 6) is 0.